The van der Waals surface area contributed by atoms with Crippen LogP contribution in [-0.2, 0) is 17.8 Å². The van der Waals surface area contributed by atoms with Crippen LogP contribution in [0.4, 0.5) is 0 Å². The summed E-state index contributed by atoms with van der Waals surface area (Å²) in [5, 5.41) is 4.03. The van der Waals surface area contributed by atoms with Crippen molar-refractivity contribution in [2.45, 2.75) is 19.9 Å². The van der Waals surface area contributed by atoms with Crippen molar-refractivity contribution in [3.63, 3.8) is 0 Å². The van der Waals surface area contributed by atoms with E-state index in [1.807, 2.05) is 37.3 Å². The predicted molar refractivity (Wildman–Crippen MR) is 111 cm³/mol. The van der Waals surface area contributed by atoms with Gasteiger partial charge in [0.2, 0.25) is 17.6 Å². The van der Waals surface area contributed by atoms with Crippen molar-refractivity contribution < 1.29 is 23.5 Å². The fourth-order valence-electron chi connectivity index (χ4n) is 2.98. The molecule has 1 amide bonds. The summed E-state index contributed by atoms with van der Waals surface area (Å²) in [5.41, 5.74) is 1.64. The number of amides is 1. The van der Waals surface area contributed by atoms with Crippen LogP contribution in [0.15, 0.2) is 47.0 Å². The molecule has 0 unspecified atom stereocenters. The summed E-state index contributed by atoms with van der Waals surface area (Å²) in [6.45, 7) is 2.69. The lowest BCUT2D eigenvalue weighted by Gasteiger charge is -2.18. The molecule has 0 aliphatic carbocycles. The first-order chi connectivity index (χ1) is 14.6. The van der Waals surface area contributed by atoms with E-state index in [0.29, 0.717) is 29.8 Å². The highest BCUT2D eigenvalue weighted by Crippen LogP contribution is 2.31. The average Bonchev–Trinajstić information content (AvgIpc) is 3.26. The zero-order chi connectivity index (χ0) is 21.5. The molecule has 0 spiro atoms. The molecule has 8 nitrogen and oxygen atoms in total. The summed E-state index contributed by atoms with van der Waals surface area (Å²) in [4.78, 5) is 18.8. The molecule has 1 heterocycles. The Morgan fingerprint density at radius 1 is 1.00 bits per heavy atom. The molecular weight excluding hydrogens is 386 g/mol. The van der Waals surface area contributed by atoms with Crippen LogP contribution in [0.25, 0.3) is 11.4 Å². The third-order valence-electron chi connectivity index (χ3n) is 4.68. The van der Waals surface area contributed by atoms with Gasteiger partial charge in [0.25, 0.3) is 0 Å². The van der Waals surface area contributed by atoms with Crippen LogP contribution in [0.2, 0.25) is 0 Å². The minimum atomic E-state index is -0.0199. The zero-order valence-corrected chi connectivity index (χ0v) is 17.5. The normalized spacial score (nSPS) is 10.5. The average molecular weight is 411 g/mol. The van der Waals surface area contributed by atoms with E-state index in [4.69, 9.17) is 18.7 Å². The molecule has 2 aromatic carbocycles. The predicted octanol–water partition coefficient (Wildman–Crippen LogP) is 3.35. The lowest BCUT2D eigenvalue weighted by Crippen LogP contribution is -2.31. The van der Waals surface area contributed by atoms with Gasteiger partial charge >= 0.3 is 0 Å². The topological polar surface area (TPSA) is 86.9 Å². The van der Waals surface area contributed by atoms with Gasteiger partial charge in [0.1, 0.15) is 5.75 Å². The summed E-state index contributed by atoms with van der Waals surface area (Å²) in [7, 11) is 4.75. The molecule has 30 heavy (non-hydrogen) atoms. The largest absolute Gasteiger partial charge is 0.497 e. The number of ether oxygens (including phenoxy) is 3. The van der Waals surface area contributed by atoms with Crippen molar-refractivity contribution in [1.82, 2.24) is 15.0 Å². The Hall–Kier alpha value is -3.55. The highest BCUT2D eigenvalue weighted by molar-refractivity contribution is 5.78. The van der Waals surface area contributed by atoms with E-state index in [1.54, 1.807) is 38.4 Å². The maximum absolute atomic E-state index is 12.7. The van der Waals surface area contributed by atoms with E-state index >= 15 is 0 Å². The number of aromatic nitrogens is 2. The van der Waals surface area contributed by atoms with Crippen LogP contribution in [-0.4, -0.2) is 48.8 Å². The standard InChI is InChI=1S/C22H25N3O5/c1-5-25(21(26)12-15-6-9-17(27-2)10-7-15)14-20-23-22(24-30-20)16-8-11-18(28-3)19(13-16)29-4/h6-11,13H,5,12,14H2,1-4H3. The summed E-state index contributed by atoms with van der Waals surface area (Å²) in [5.74, 6) is 2.72. The molecule has 0 N–H and O–H groups in total. The molecule has 0 saturated heterocycles. The van der Waals surface area contributed by atoms with Gasteiger partial charge in [-0.2, -0.15) is 4.98 Å². The molecule has 0 aliphatic rings. The van der Waals surface area contributed by atoms with Gasteiger partial charge in [0.05, 0.1) is 34.3 Å². The molecule has 3 aromatic rings. The number of carbonyl (C=O) groups is 1. The molecular formula is C22H25N3O5. The number of hydrogen-bond acceptors (Lipinski definition) is 7. The van der Waals surface area contributed by atoms with Crippen molar-refractivity contribution in [3.8, 4) is 28.6 Å². The summed E-state index contributed by atoms with van der Waals surface area (Å²) >= 11 is 0. The Morgan fingerprint density at radius 2 is 1.73 bits per heavy atom. The van der Waals surface area contributed by atoms with Crippen molar-refractivity contribution in [1.29, 1.82) is 0 Å². The quantitative estimate of drug-likeness (QED) is 0.534. The van der Waals surface area contributed by atoms with Crippen molar-refractivity contribution >= 4 is 5.91 Å². The Balaban J connectivity index is 1.69. The van der Waals surface area contributed by atoms with E-state index in [-0.39, 0.29) is 18.9 Å². The number of benzene rings is 2. The van der Waals surface area contributed by atoms with Crippen LogP contribution in [0.1, 0.15) is 18.4 Å². The second-order valence-electron chi connectivity index (χ2n) is 6.51. The Morgan fingerprint density at radius 3 is 2.37 bits per heavy atom. The fourth-order valence-corrected chi connectivity index (χ4v) is 2.98. The van der Waals surface area contributed by atoms with E-state index in [2.05, 4.69) is 10.1 Å². The van der Waals surface area contributed by atoms with E-state index in [1.165, 1.54) is 0 Å². The highest BCUT2D eigenvalue weighted by Gasteiger charge is 2.18. The van der Waals surface area contributed by atoms with Crippen LogP contribution in [0.3, 0.4) is 0 Å². The van der Waals surface area contributed by atoms with Crippen molar-refractivity contribution in [2.75, 3.05) is 27.9 Å². The van der Waals surface area contributed by atoms with Crippen molar-refractivity contribution in [3.05, 3.63) is 53.9 Å². The third-order valence-corrected chi connectivity index (χ3v) is 4.68. The van der Waals surface area contributed by atoms with E-state index in [9.17, 15) is 4.79 Å². The molecule has 1 aromatic heterocycles. The second-order valence-corrected chi connectivity index (χ2v) is 6.51. The molecule has 8 heteroatoms. The van der Waals surface area contributed by atoms with Crippen LogP contribution in [0.5, 0.6) is 17.2 Å². The maximum Gasteiger partial charge on any atom is 0.246 e. The second kappa shape index (κ2) is 9.78. The summed E-state index contributed by atoms with van der Waals surface area (Å²) in [6.07, 6.45) is 0.286. The number of nitrogens with zero attached hydrogens (tertiary/aromatic N) is 3. The lowest BCUT2D eigenvalue weighted by molar-refractivity contribution is -0.131. The van der Waals surface area contributed by atoms with Gasteiger partial charge in [-0.1, -0.05) is 17.3 Å². The Labute approximate surface area is 175 Å². The fraction of sp³-hybridized carbons (Fsp3) is 0.318. The van der Waals surface area contributed by atoms with E-state index in [0.717, 1.165) is 16.9 Å². The number of methoxy groups -OCH3 is 3. The van der Waals surface area contributed by atoms with Crippen LogP contribution in [0, 0.1) is 0 Å². The smallest absolute Gasteiger partial charge is 0.246 e. The molecule has 0 radical (unpaired) electrons. The SMILES string of the molecule is CCN(Cc1nc(-c2ccc(OC)c(OC)c2)no1)C(=O)Cc1ccc(OC)cc1. The molecule has 0 saturated carbocycles. The van der Waals surface area contributed by atoms with Crippen LogP contribution < -0.4 is 14.2 Å². The number of likely N-dealkylation sites (N-methyl/N-ethyl adjacent to an activating group) is 1. The van der Waals surface area contributed by atoms with Gasteiger partial charge in [-0.15, -0.1) is 0 Å². The van der Waals surface area contributed by atoms with Gasteiger partial charge in [-0.3, -0.25) is 4.79 Å². The maximum atomic E-state index is 12.7. The number of carbonyl (C=O) groups excluding carboxylic acids is 1. The first-order valence-electron chi connectivity index (χ1n) is 9.53. The van der Waals surface area contributed by atoms with Gasteiger partial charge < -0.3 is 23.6 Å². The number of rotatable bonds is 9. The minimum Gasteiger partial charge on any atom is -0.497 e. The molecule has 3 rings (SSSR count). The van der Waals surface area contributed by atoms with Gasteiger partial charge in [-0.05, 0) is 42.8 Å². The summed E-state index contributed by atoms with van der Waals surface area (Å²) < 4.78 is 21.1. The lowest BCUT2D eigenvalue weighted by atomic mass is 10.1. The number of hydrogen-bond donors (Lipinski definition) is 0. The monoisotopic (exact) mass is 411 g/mol. The molecule has 158 valence electrons. The molecule has 0 aliphatic heterocycles. The van der Waals surface area contributed by atoms with Gasteiger partial charge in [0.15, 0.2) is 11.5 Å². The summed E-state index contributed by atoms with van der Waals surface area (Å²) in [6, 6.07) is 12.8. The first-order valence-corrected chi connectivity index (χ1v) is 9.53. The van der Waals surface area contributed by atoms with E-state index < -0.39 is 0 Å². The minimum absolute atomic E-state index is 0.0199. The third kappa shape index (κ3) is 4.89. The van der Waals surface area contributed by atoms with Gasteiger partial charge in [-0.25, -0.2) is 0 Å². The first kappa shape index (κ1) is 21.2. The Kier molecular flexibility index (Phi) is 6.90. The zero-order valence-electron chi connectivity index (χ0n) is 17.5. The molecule has 0 fully saturated rings. The van der Waals surface area contributed by atoms with Crippen LogP contribution >= 0.6 is 0 Å². The highest BCUT2D eigenvalue weighted by atomic mass is 16.5. The Bertz CT molecular complexity index is 985. The van der Waals surface area contributed by atoms with Gasteiger partial charge in [0, 0.05) is 12.1 Å². The molecule has 0 bridgehead atoms. The van der Waals surface area contributed by atoms with Crippen molar-refractivity contribution in [2.24, 2.45) is 0 Å². The molecule has 0 atom stereocenters.